The van der Waals surface area contributed by atoms with Crippen molar-refractivity contribution in [1.82, 2.24) is 9.55 Å². The largest absolute Gasteiger partial charge is 0.459 e. The molecule has 30 heavy (non-hydrogen) atoms. The van der Waals surface area contributed by atoms with E-state index in [0.717, 1.165) is 23.3 Å². The van der Waals surface area contributed by atoms with E-state index in [1.165, 1.54) is 0 Å². The average molecular weight is 576 g/mol. The van der Waals surface area contributed by atoms with E-state index in [0.29, 0.717) is 0 Å². The number of ether oxygens (including phenoxy) is 1. The molecule has 2 aromatic rings. The van der Waals surface area contributed by atoms with Crippen LogP contribution in [0.4, 0.5) is 32.6 Å². The number of esters is 1. The van der Waals surface area contributed by atoms with Crippen molar-refractivity contribution in [1.29, 1.82) is 0 Å². The zero-order chi connectivity index (χ0) is 23.2. The van der Waals surface area contributed by atoms with Gasteiger partial charge >= 0.3 is 22.4 Å². The van der Waals surface area contributed by atoms with Gasteiger partial charge in [-0.15, -0.1) is 0 Å². The summed E-state index contributed by atoms with van der Waals surface area (Å²) in [6.45, 7) is 3.20. The summed E-state index contributed by atoms with van der Waals surface area (Å²) in [6, 6.07) is -0.445. The Balaban J connectivity index is 2.55. The highest BCUT2D eigenvalue weighted by Gasteiger charge is 2.66. The van der Waals surface area contributed by atoms with Crippen molar-refractivity contribution in [3.63, 3.8) is 0 Å². The summed E-state index contributed by atoms with van der Waals surface area (Å²) < 4.78 is 111. The summed E-state index contributed by atoms with van der Waals surface area (Å²) in [6.07, 6.45) is -2.61. The third-order valence-corrected chi connectivity index (χ3v) is 5.22. The number of aromatic nitrogens is 2. The molecule has 0 bridgehead atoms. The minimum absolute atomic E-state index is 0.0296. The van der Waals surface area contributed by atoms with Crippen LogP contribution < -0.4 is 0 Å². The van der Waals surface area contributed by atoms with Crippen LogP contribution in [0.2, 0.25) is 0 Å². The fourth-order valence-corrected chi connectivity index (χ4v) is 3.29. The smallest absolute Gasteiger partial charge is 0.416 e. The van der Waals surface area contributed by atoms with Gasteiger partial charge in [-0.25, -0.2) is 9.78 Å². The lowest BCUT2D eigenvalue weighted by molar-refractivity contribution is -0.141. The van der Waals surface area contributed by atoms with Gasteiger partial charge in [-0.05, 0) is 54.6 Å². The van der Waals surface area contributed by atoms with Gasteiger partial charge in [0.25, 0.3) is 0 Å². The number of carbonyl (C=O) groups excluding carboxylic acids is 1. The Morgan fingerprint density at radius 3 is 2.27 bits per heavy atom. The molecule has 0 N–H and O–H groups in total. The van der Waals surface area contributed by atoms with E-state index in [4.69, 9.17) is 4.74 Å². The number of imidazole rings is 1. The Kier molecular flexibility index (Phi) is 5.78. The van der Waals surface area contributed by atoms with Crippen LogP contribution in [0.1, 0.15) is 19.4 Å². The third kappa shape index (κ3) is 6.33. The molecule has 14 heteroatoms. The van der Waals surface area contributed by atoms with E-state index in [1.807, 2.05) is 0 Å². The van der Waals surface area contributed by atoms with E-state index in [9.17, 15) is 37.4 Å². The zero-order valence-electron chi connectivity index (χ0n) is 15.1. The first-order valence-electron chi connectivity index (χ1n) is 7.85. The molecular weight excluding hydrogens is 563 g/mol. The summed E-state index contributed by atoms with van der Waals surface area (Å²) in [4.78, 5) is 12.7. The fourth-order valence-electron chi connectivity index (χ4n) is 2.14. The molecule has 0 aliphatic carbocycles. The molecule has 0 saturated carbocycles. The van der Waals surface area contributed by atoms with Crippen molar-refractivity contribution < 1.29 is 42.1 Å². The van der Waals surface area contributed by atoms with Crippen LogP contribution in [0.25, 0.3) is 17.5 Å². The summed E-state index contributed by atoms with van der Waals surface area (Å²) >= 11 is 1.61. The van der Waals surface area contributed by atoms with Crippen LogP contribution in [0, 0.1) is 0 Å². The monoisotopic (exact) mass is 576 g/mol. The lowest BCUT2D eigenvalue weighted by atomic mass is 10.1. The van der Waals surface area contributed by atoms with Gasteiger partial charge < -0.3 is 9.30 Å². The summed E-state index contributed by atoms with van der Waals surface area (Å²) in [5.74, 6) is -0.719. The third-order valence-electron chi connectivity index (χ3n) is 3.38. The van der Waals surface area contributed by atoms with Gasteiger partial charge in [0.1, 0.15) is 8.48 Å². The highest BCUT2D eigenvalue weighted by molar-refractivity contribution is 14.1. The van der Waals surface area contributed by atoms with Crippen LogP contribution in [-0.2, 0) is 15.7 Å². The van der Waals surface area contributed by atoms with E-state index < -0.39 is 56.3 Å². The maximum absolute atomic E-state index is 13.1. The number of hydrogen-bond donors (Lipinski definition) is 0. The minimum Gasteiger partial charge on any atom is -0.459 e. The summed E-state index contributed by atoms with van der Waals surface area (Å²) in [5.41, 5.74) is -3.16. The van der Waals surface area contributed by atoms with Crippen molar-refractivity contribution >= 4 is 45.0 Å². The number of alkyl halides is 3. The van der Waals surface area contributed by atoms with Gasteiger partial charge in [0.05, 0.1) is 23.7 Å². The molecule has 1 aromatic heterocycles. The Morgan fingerprint density at radius 1 is 1.17 bits per heavy atom. The zero-order valence-corrected chi connectivity index (χ0v) is 18.0. The first-order valence-corrected chi connectivity index (χ1v) is 10.9. The average Bonchev–Trinajstić information content (AvgIpc) is 2.99. The lowest BCUT2D eigenvalue weighted by Crippen LogP contribution is -2.11. The van der Waals surface area contributed by atoms with Crippen molar-refractivity contribution in [3.8, 4) is 11.3 Å². The van der Waals surface area contributed by atoms with E-state index >= 15 is 0 Å². The van der Waals surface area contributed by atoms with Gasteiger partial charge in [-0.2, -0.15) is 13.2 Å². The number of nitrogens with zero attached hydrogens (tertiary/aromatic N) is 2. The predicted molar refractivity (Wildman–Crippen MR) is 104 cm³/mol. The topological polar surface area (TPSA) is 44.1 Å². The quantitative estimate of drug-likeness (QED) is 0.161. The molecule has 0 radical (unpaired) electrons. The van der Waals surface area contributed by atoms with Gasteiger partial charge in [0.15, 0.2) is 0 Å². The second-order valence-electron chi connectivity index (χ2n) is 6.35. The Bertz CT molecular complexity index is 1010. The maximum atomic E-state index is 13.1. The van der Waals surface area contributed by atoms with E-state index in [-0.39, 0.29) is 15.7 Å². The minimum atomic E-state index is -10.4. The number of benzene rings is 1. The predicted octanol–water partition coefficient (Wildman–Crippen LogP) is 7.41. The van der Waals surface area contributed by atoms with Crippen molar-refractivity contribution in [2.24, 2.45) is 0 Å². The Morgan fingerprint density at radius 2 is 1.77 bits per heavy atom. The normalized spacial score (nSPS) is 15.7. The molecule has 0 saturated heterocycles. The lowest BCUT2D eigenvalue weighted by Gasteiger charge is -2.41. The number of rotatable bonds is 5. The summed E-state index contributed by atoms with van der Waals surface area (Å²) in [7, 11) is -10.4. The van der Waals surface area contributed by atoms with Gasteiger partial charge in [-0.3, -0.25) is 0 Å². The van der Waals surface area contributed by atoms with E-state index in [2.05, 4.69) is 4.98 Å². The van der Waals surface area contributed by atoms with Crippen LogP contribution in [0.3, 0.4) is 0 Å². The molecule has 0 aliphatic rings. The highest BCUT2D eigenvalue weighted by atomic mass is 127. The van der Waals surface area contributed by atoms with Gasteiger partial charge in [-0.1, -0.05) is 19.4 Å². The first-order chi connectivity index (χ1) is 13.3. The standard InChI is InChI=1S/C16H13F8IN2O2S/c1-9(2)29-15(28)13(25)6-27-7-14(26-8-27)10-3-11(16(17,18)19)5-12(4-10)30(20,21,22,23)24/h3-9H,1-2H3/b13-6+. The molecular formula is C16H13F8IN2O2S. The molecule has 4 nitrogen and oxygen atoms in total. The highest BCUT2D eigenvalue weighted by Crippen LogP contribution is 3.02. The van der Waals surface area contributed by atoms with Crippen molar-refractivity contribution in [3.05, 3.63) is 39.9 Å². The molecule has 2 rings (SSSR count). The molecule has 0 atom stereocenters. The molecule has 0 aliphatic heterocycles. The second kappa shape index (κ2) is 7.10. The van der Waals surface area contributed by atoms with Crippen molar-refractivity contribution in [2.75, 3.05) is 0 Å². The molecule has 0 unspecified atom stereocenters. The van der Waals surface area contributed by atoms with E-state index in [1.54, 1.807) is 36.4 Å². The van der Waals surface area contributed by atoms with Crippen molar-refractivity contribution in [2.45, 2.75) is 31.0 Å². The number of carbonyl (C=O) groups is 1. The van der Waals surface area contributed by atoms with Crippen LogP contribution in [-0.4, -0.2) is 21.6 Å². The Labute approximate surface area is 178 Å². The molecule has 1 aromatic carbocycles. The molecule has 0 spiro atoms. The van der Waals surface area contributed by atoms with Gasteiger partial charge in [0.2, 0.25) is 0 Å². The SMILES string of the molecule is CC(C)OC(=O)/C(I)=C\n1cnc(-c2cc(C(F)(F)F)cc(S(F)(F)(F)(F)F)c2)c1. The Hall–Kier alpha value is -1.84. The molecule has 0 amide bonds. The molecule has 0 fully saturated rings. The van der Waals surface area contributed by atoms with Gasteiger partial charge in [0, 0.05) is 18.0 Å². The first kappa shape index (κ1) is 24.4. The molecule has 1 heterocycles. The molecule has 168 valence electrons. The number of hydrogen-bond acceptors (Lipinski definition) is 3. The van der Waals surface area contributed by atoms with Crippen LogP contribution in [0.15, 0.2) is 39.2 Å². The maximum Gasteiger partial charge on any atom is 0.416 e. The van der Waals surface area contributed by atoms with Crippen LogP contribution >= 0.6 is 32.8 Å². The summed E-state index contributed by atoms with van der Waals surface area (Å²) in [5, 5.41) is 0. The van der Waals surface area contributed by atoms with Crippen LogP contribution in [0.5, 0.6) is 0 Å². The second-order valence-corrected chi connectivity index (χ2v) is 9.92. The fraction of sp³-hybridized carbons (Fsp3) is 0.250. The number of halogens is 9.